The van der Waals surface area contributed by atoms with E-state index >= 15 is 0 Å². The molecule has 0 N–H and O–H groups in total. The van der Waals surface area contributed by atoms with Crippen LogP contribution in [-0.2, 0) is 9.47 Å². The van der Waals surface area contributed by atoms with Crippen molar-refractivity contribution in [2.45, 2.75) is 32.0 Å². The maximum atomic E-state index is 6.65. The molecule has 2 nitrogen and oxygen atoms in total. The summed E-state index contributed by atoms with van der Waals surface area (Å²) in [4.78, 5) is 0. The molecule has 1 fully saturated rings. The van der Waals surface area contributed by atoms with Crippen molar-refractivity contribution in [3.8, 4) is 5.92 Å². The minimum absolute atomic E-state index is 0.0166. The Balaban J connectivity index is 2.01. The van der Waals surface area contributed by atoms with E-state index in [4.69, 9.17) is 15.9 Å². The van der Waals surface area contributed by atoms with Gasteiger partial charge in [-0.2, -0.15) is 0 Å². The summed E-state index contributed by atoms with van der Waals surface area (Å²) in [6.45, 7) is 1.38. The fourth-order valence-electron chi connectivity index (χ4n) is 1.08. The van der Waals surface area contributed by atoms with Gasteiger partial charge in [0.1, 0.15) is 0 Å². The van der Waals surface area contributed by atoms with Crippen LogP contribution in [0.2, 0.25) is 0 Å². The van der Waals surface area contributed by atoms with Crippen LogP contribution in [-0.4, -0.2) is 19.5 Å². The van der Waals surface area contributed by atoms with E-state index in [0.717, 1.165) is 19.4 Å². The number of ether oxygens (including phenoxy) is 2. The van der Waals surface area contributed by atoms with E-state index in [1.54, 1.807) is 0 Å². The van der Waals surface area contributed by atoms with Gasteiger partial charge in [0.2, 0.25) is 0 Å². The first-order valence-electron chi connectivity index (χ1n) is 4.06. The molecule has 1 rings (SSSR count). The fraction of sp³-hybridized carbons (Fsp3) is 0.778. The Labute approximate surface area is 67.9 Å². The molecule has 1 unspecified atom stereocenters. The van der Waals surface area contributed by atoms with Crippen molar-refractivity contribution in [2.75, 3.05) is 13.2 Å². The van der Waals surface area contributed by atoms with Gasteiger partial charge in [-0.15, -0.1) is 0 Å². The Morgan fingerprint density at radius 1 is 1.55 bits per heavy atom. The van der Waals surface area contributed by atoms with Gasteiger partial charge in [-0.05, 0) is 0 Å². The van der Waals surface area contributed by atoms with E-state index in [1.807, 2.05) is 0 Å². The third-order valence-electron chi connectivity index (χ3n) is 1.67. The van der Waals surface area contributed by atoms with Crippen LogP contribution in [0.15, 0.2) is 0 Å². The van der Waals surface area contributed by atoms with E-state index < -0.39 is 0 Å². The van der Waals surface area contributed by atoms with Gasteiger partial charge < -0.3 is 0 Å². The third kappa shape index (κ3) is 3.57. The zero-order valence-electron chi connectivity index (χ0n) is 6.64. The molecule has 0 amide bonds. The SMILES string of the molecule is [C+]#CCCOC1CCCCO1. The minimum atomic E-state index is -0.0166. The molecule has 0 aromatic rings. The van der Waals surface area contributed by atoms with Gasteiger partial charge in [0.05, 0.1) is 0 Å². The quantitative estimate of drug-likeness (QED) is 0.347. The van der Waals surface area contributed by atoms with Crippen molar-refractivity contribution >= 4 is 0 Å². The van der Waals surface area contributed by atoms with E-state index in [2.05, 4.69) is 5.92 Å². The predicted molar refractivity (Wildman–Crippen MR) is 41.3 cm³/mol. The Hall–Kier alpha value is -0.300. The van der Waals surface area contributed by atoms with Crippen molar-refractivity contribution in [1.29, 1.82) is 0 Å². The summed E-state index contributed by atoms with van der Waals surface area (Å²) in [6.07, 6.45) is 10.5. The molecule has 1 aliphatic rings. The zero-order valence-corrected chi connectivity index (χ0v) is 6.64. The molecule has 1 atom stereocenters. The van der Waals surface area contributed by atoms with Gasteiger partial charge in [-0.3, -0.25) is 0 Å². The van der Waals surface area contributed by atoms with Crippen molar-refractivity contribution in [3.05, 3.63) is 6.42 Å². The fourth-order valence-corrected chi connectivity index (χ4v) is 1.08. The van der Waals surface area contributed by atoms with E-state index in [1.165, 1.54) is 6.42 Å². The molecular weight excluding hydrogens is 140 g/mol. The molecule has 0 radical (unpaired) electrons. The first kappa shape index (κ1) is 8.79. The van der Waals surface area contributed by atoms with Gasteiger partial charge in [-0.25, -0.2) is 0 Å². The zero-order chi connectivity index (χ0) is 7.94. The van der Waals surface area contributed by atoms with Crippen LogP contribution in [0, 0.1) is 12.3 Å². The monoisotopic (exact) mass is 153 g/mol. The third-order valence-corrected chi connectivity index (χ3v) is 1.67. The van der Waals surface area contributed by atoms with E-state index in [9.17, 15) is 0 Å². The van der Waals surface area contributed by atoms with Gasteiger partial charge >= 0.3 is 67.0 Å². The molecule has 1 saturated heterocycles. The molecule has 0 saturated carbocycles. The molecule has 0 aromatic carbocycles. The van der Waals surface area contributed by atoms with Crippen LogP contribution >= 0.6 is 0 Å². The van der Waals surface area contributed by atoms with Crippen LogP contribution in [0.4, 0.5) is 0 Å². The summed E-state index contributed by atoms with van der Waals surface area (Å²) >= 11 is 0. The van der Waals surface area contributed by atoms with Crippen LogP contribution in [0.25, 0.3) is 0 Å². The van der Waals surface area contributed by atoms with E-state index in [-0.39, 0.29) is 6.29 Å². The van der Waals surface area contributed by atoms with Crippen molar-refractivity contribution in [2.24, 2.45) is 0 Å². The molecule has 0 bridgehead atoms. The maximum absolute atomic E-state index is 6.65. The Bertz CT molecular complexity index is 131. The first-order valence-corrected chi connectivity index (χ1v) is 4.06. The summed E-state index contributed by atoms with van der Waals surface area (Å²) in [6, 6.07) is 0. The predicted octanol–water partition coefficient (Wildman–Crippen LogP) is 1.51. The second-order valence-corrected chi connectivity index (χ2v) is 2.59. The van der Waals surface area contributed by atoms with Crippen molar-refractivity contribution in [1.82, 2.24) is 0 Å². The molecule has 2 heteroatoms. The topological polar surface area (TPSA) is 18.5 Å². The van der Waals surface area contributed by atoms with Crippen LogP contribution in [0.5, 0.6) is 0 Å². The summed E-state index contributed by atoms with van der Waals surface area (Å²) in [7, 11) is 0. The van der Waals surface area contributed by atoms with E-state index in [0.29, 0.717) is 13.0 Å². The Morgan fingerprint density at radius 3 is 3.09 bits per heavy atom. The molecule has 0 aromatic heterocycles. The number of rotatable bonds is 3. The molecule has 0 spiro atoms. The summed E-state index contributed by atoms with van der Waals surface area (Å²) < 4.78 is 10.6. The van der Waals surface area contributed by atoms with Crippen LogP contribution in [0.1, 0.15) is 25.7 Å². The summed E-state index contributed by atoms with van der Waals surface area (Å²) in [5.74, 6) is 2.28. The Kier molecular flexibility index (Phi) is 4.29. The number of hydrogen-bond acceptors (Lipinski definition) is 2. The molecular formula is C9H13O2+. The van der Waals surface area contributed by atoms with Gasteiger partial charge in [0.25, 0.3) is 0 Å². The molecule has 0 aliphatic carbocycles. The van der Waals surface area contributed by atoms with Gasteiger partial charge in [-0.1, -0.05) is 0 Å². The van der Waals surface area contributed by atoms with Crippen molar-refractivity contribution < 1.29 is 9.47 Å². The second kappa shape index (κ2) is 5.36. The Morgan fingerprint density at radius 2 is 2.45 bits per heavy atom. The summed E-state index contributed by atoms with van der Waals surface area (Å²) in [5, 5.41) is 0. The standard InChI is InChI=1S/C9H13O2/c1-2-3-7-10-9-6-4-5-8-11-9/h9H,3-8H2/q+1. The summed E-state index contributed by atoms with van der Waals surface area (Å²) in [5.41, 5.74) is 0. The first-order chi connectivity index (χ1) is 5.43. The molecule has 1 aliphatic heterocycles. The second-order valence-electron chi connectivity index (χ2n) is 2.59. The number of hydrogen-bond donors (Lipinski definition) is 0. The molecule has 1 heterocycles. The van der Waals surface area contributed by atoms with Crippen molar-refractivity contribution in [3.63, 3.8) is 0 Å². The van der Waals surface area contributed by atoms with Gasteiger partial charge in [0, 0.05) is 0 Å². The van der Waals surface area contributed by atoms with Crippen LogP contribution < -0.4 is 0 Å². The average molecular weight is 153 g/mol. The van der Waals surface area contributed by atoms with Crippen LogP contribution in [0.3, 0.4) is 0 Å². The average Bonchev–Trinajstić information content (AvgIpc) is 2.07. The molecule has 60 valence electrons. The molecule has 11 heavy (non-hydrogen) atoms. The van der Waals surface area contributed by atoms with Gasteiger partial charge in [0.15, 0.2) is 0 Å². The normalized spacial score (nSPS) is 24.7.